The topological polar surface area (TPSA) is 38.3 Å². The Balaban J connectivity index is 1.91. The highest BCUT2D eigenvalue weighted by Crippen LogP contribution is 2.34. The fraction of sp³-hybridized carbons (Fsp3) is 0.588. The highest BCUT2D eigenvalue weighted by atomic mass is 32.2. The summed E-state index contributed by atoms with van der Waals surface area (Å²) in [5.41, 5.74) is 2.09. The lowest BCUT2D eigenvalue weighted by Crippen LogP contribution is -2.35. The third-order valence-electron chi connectivity index (χ3n) is 3.54. The van der Waals surface area contributed by atoms with E-state index < -0.39 is 0 Å². The zero-order valence-corrected chi connectivity index (χ0v) is 14.0. The lowest BCUT2D eigenvalue weighted by Gasteiger charge is -2.35. The predicted octanol–water partition coefficient (Wildman–Crippen LogP) is 4.20. The summed E-state index contributed by atoms with van der Waals surface area (Å²) < 4.78 is 5.13. The van der Waals surface area contributed by atoms with Gasteiger partial charge in [0.2, 0.25) is 0 Å². The Bertz CT molecular complexity index is 470. The van der Waals surface area contributed by atoms with Crippen molar-refractivity contribution in [3.8, 4) is 0 Å². The zero-order chi connectivity index (χ0) is 15.3. The van der Waals surface area contributed by atoms with Gasteiger partial charge in [0, 0.05) is 17.5 Å². The Labute approximate surface area is 131 Å². The van der Waals surface area contributed by atoms with E-state index in [0.717, 1.165) is 17.9 Å². The Kier molecular flexibility index (Phi) is 5.57. The molecule has 4 heteroatoms. The maximum atomic E-state index is 11.7. The van der Waals surface area contributed by atoms with Crippen LogP contribution in [0, 0.1) is 5.41 Å². The van der Waals surface area contributed by atoms with E-state index in [-0.39, 0.29) is 5.97 Å². The summed E-state index contributed by atoms with van der Waals surface area (Å²) in [5.74, 6) is 2.13. The molecule has 0 radical (unpaired) electrons. The van der Waals surface area contributed by atoms with E-state index in [0.29, 0.717) is 23.6 Å². The molecule has 1 atom stereocenters. The summed E-state index contributed by atoms with van der Waals surface area (Å²) in [6, 6.07) is 8.10. The summed E-state index contributed by atoms with van der Waals surface area (Å²) >= 11 is 2.01. The van der Waals surface area contributed by atoms with E-state index in [1.807, 2.05) is 43.0 Å². The van der Waals surface area contributed by atoms with Crippen LogP contribution in [-0.2, 0) is 4.74 Å². The molecule has 0 spiro atoms. The molecule has 1 unspecified atom stereocenters. The van der Waals surface area contributed by atoms with Crippen LogP contribution in [0.2, 0.25) is 0 Å². The molecule has 1 fully saturated rings. The van der Waals surface area contributed by atoms with Crippen LogP contribution in [0.25, 0.3) is 0 Å². The van der Waals surface area contributed by atoms with Crippen molar-refractivity contribution in [1.82, 2.24) is 0 Å². The number of hydrogen-bond donors (Lipinski definition) is 1. The van der Waals surface area contributed by atoms with Crippen LogP contribution in [0.5, 0.6) is 0 Å². The molecule has 3 nitrogen and oxygen atoms in total. The Morgan fingerprint density at radius 2 is 2.10 bits per heavy atom. The number of esters is 1. The maximum Gasteiger partial charge on any atom is 0.338 e. The fourth-order valence-corrected chi connectivity index (χ4v) is 3.85. The minimum Gasteiger partial charge on any atom is -0.462 e. The molecule has 0 saturated carbocycles. The van der Waals surface area contributed by atoms with Gasteiger partial charge >= 0.3 is 5.97 Å². The fourth-order valence-electron chi connectivity index (χ4n) is 2.57. The van der Waals surface area contributed by atoms with Gasteiger partial charge in [-0.05, 0) is 48.3 Å². The van der Waals surface area contributed by atoms with Crippen molar-refractivity contribution < 1.29 is 9.53 Å². The highest BCUT2D eigenvalue weighted by Gasteiger charge is 2.28. The molecular weight excluding hydrogens is 282 g/mol. The van der Waals surface area contributed by atoms with E-state index in [1.165, 1.54) is 12.2 Å². The van der Waals surface area contributed by atoms with Crippen LogP contribution in [0.4, 0.5) is 5.69 Å². The number of carbonyl (C=O) groups is 1. The standard InChI is InChI=1S/C17H25NO2S/c1-4-9-20-16(19)13-5-7-14(8-6-13)18-15-10-17(2,3)12-21-11-15/h5-8,15,18H,4,9-12H2,1-3H3. The van der Waals surface area contributed by atoms with Gasteiger partial charge in [0.1, 0.15) is 0 Å². The number of anilines is 1. The summed E-state index contributed by atoms with van der Waals surface area (Å²) in [6.45, 7) is 7.11. The van der Waals surface area contributed by atoms with Crippen LogP contribution < -0.4 is 5.32 Å². The molecule has 0 aliphatic carbocycles. The third kappa shape index (κ3) is 4.95. The van der Waals surface area contributed by atoms with E-state index in [1.54, 1.807) is 0 Å². The number of hydrogen-bond acceptors (Lipinski definition) is 4. The lowest BCUT2D eigenvalue weighted by atomic mass is 9.88. The number of ether oxygens (including phenoxy) is 1. The van der Waals surface area contributed by atoms with Crippen molar-refractivity contribution >= 4 is 23.4 Å². The van der Waals surface area contributed by atoms with Crippen molar-refractivity contribution in [2.24, 2.45) is 5.41 Å². The van der Waals surface area contributed by atoms with Gasteiger partial charge in [-0.25, -0.2) is 4.79 Å². The van der Waals surface area contributed by atoms with Gasteiger partial charge in [-0.15, -0.1) is 0 Å². The first kappa shape index (κ1) is 16.2. The first-order chi connectivity index (χ1) is 10.00. The van der Waals surface area contributed by atoms with Crippen molar-refractivity contribution in [2.45, 2.75) is 39.7 Å². The quantitative estimate of drug-likeness (QED) is 0.828. The lowest BCUT2D eigenvalue weighted by molar-refractivity contribution is 0.0505. The molecule has 1 aromatic rings. The SMILES string of the molecule is CCCOC(=O)c1ccc(NC2CSCC(C)(C)C2)cc1. The number of benzene rings is 1. The minimum absolute atomic E-state index is 0.238. The Hall–Kier alpha value is -1.16. The average Bonchev–Trinajstić information content (AvgIpc) is 2.44. The zero-order valence-electron chi connectivity index (χ0n) is 13.1. The second-order valence-corrected chi connectivity index (χ2v) is 7.47. The first-order valence-electron chi connectivity index (χ1n) is 7.62. The normalized spacial score (nSPS) is 20.8. The number of nitrogens with one attached hydrogen (secondary N) is 1. The van der Waals surface area contributed by atoms with Crippen molar-refractivity contribution in [3.05, 3.63) is 29.8 Å². The summed E-state index contributed by atoms with van der Waals surface area (Å²) in [5, 5.41) is 3.57. The number of thioether (sulfide) groups is 1. The molecule has 1 aliphatic heterocycles. The summed E-state index contributed by atoms with van der Waals surface area (Å²) in [7, 11) is 0. The van der Waals surface area contributed by atoms with E-state index >= 15 is 0 Å². The minimum atomic E-state index is -0.238. The van der Waals surface area contributed by atoms with E-state index in [9.17, 15) is 4.79 Å². The van der Waals surface area contributed by atoms with Crippen LogP contribution >= 0.6 is 11.8 Å². The smallest absolute Gasteiger partial charge is 0.338 e. The highest BCUT2D eigenvalue weighted by molar-refractivity contribution is 7.99. The second-order valence-electron chi connectivity index (χ2n) is 6.44. The maximum absolute atomic E-state index is 11.7. The molecule has 0 aromatic heterocycles. The average molecular weight is 307 g/mol. The first-order valence-corrected chi connectivity index (χ1v) is 8.77. The van der Waals surface area contributed by atoms with Crippen LogP contribution in [0.1, 0.15) is 44.0 Å². The van der Waals surface area contributed by atoms with Crippen LogP contribution in [0.15, 0.2) is 24.3 Å². The van der Waals surface area contributed by atoms with Crippen molar-refractivity contribution in [3.63, 3.8) is 0 Å². The van der Waals surface area contributed by atoms with Crippen molar-refractivity contribution in [2.75, 3.05) is 23.4 Å². The van der Waals surface area contributed by atoms with E-state index in [2.05, 4.69) is 19.2 Å². The van der Waals surface area contributed by atoms with Crippen LogP contribution in [-0.4, -0.2) is 30.1 Å². The molecule has 1 N–H and O–H groups in total. The van der Waals surface area contributed by atoms with Gasteiger partial charge in [-0.2, -0.15) is 11.8 Å². The molecule has 116 valence electrons. The van der Waals surface area contributed by atoms with Gasteiger partial charge in [0.05, 0.1) is 12.2 Å². The Morgan fingerprint density at radius 1 is 1.38 bits per heavy atom. The predicted molar refractivity (Wildman–Crippen MR) is 90.1 cm³/mol. The van der Waals surface area contributed by atoms with Gasteiger partial charge in [-0.1, -0.05) is 20.8 Å². The summed E-state index contributed by atoms with van der Waals surface area (Å²) in [4.78, 5) is 11.7. The van der Waals surface area contributed by atoms with Gasteiger partial charge in [0.25, 0.3) is 0 Å². The van der Waals surface area contributed by atoms with Gasteiger partial charge < -0.3 is 10.1 Å². The van der Waals surface area contributed by atoms with Crippen LogP contribution in [0.3, 0.4) is 0 Å². The number of carbonyl (C=O) groups excluding carboxylic acids is 1. The molecule has 0 bridgehead atoms. The van der Waals surface area contributed by atoms with E-state index in [4.69, 9.17) is 4.74 Å². The largest absolute Gasteiger partial charge is 0.462 e. The van der Waals surface area contributed by atoms with Gasteiger partial charge in [-0.3, -0.25) is 0 Å². The molecule has 1 heterocycles. The molecule has 1 aromatic carbocycles. The molecule has 1 saturated heterocycles. The van der Waals surface area contributed by atoms with Gasteiger partial charge in [0.15, 0.2) is 0 Å². The molecule has 1 aliphatic rings. The second kappa shape index (κ2) is 7.21. The molecular formula is C17H25NO2S. The molecule has 21 heavy (non-hydrogen) atoms. The van der Waals surface area contributed by atoms with Crippen molar-refractivity contribution in [1.29, 1.82) is 0 Å². The molecule has 2 rings (SSSR count). The summed E-state index contributed by atoms with van der Waals surface area (Å²) in [6.07, 6.45) is 2.03. The third-order valence-corrected chi connectivity index (χ3v) is 5.16. The monoisotopic (exact) mass is 307 g/mol. The Morgan fingerprint density at radius 3 is 2.71 bits per heavy atom. The molecule has 0 amide bonds. The number of rotatable bonds is 5.